The van der Waals surface area contributed by atoms with Gasteiger partial charge in [-0.15, -0.1) is 0 Å². The fraction of sp³-hybridized carbons (Fsp3) is 0.583. The van der Waals surface area contributed by atoms with Gasteiger partial charge in [0.15, 0.2) is 11.5 Å². The van der Waals surface area contributed by atoms with Crippen molar-refractivity contribution in [1.82, 2.24) is 19.6 Å². The summed E-state index contributed by atoms with van der Waals surface area (Å²) in [6.07, 6.45) is 1.22. The van der Waals surface area contributed by atoms with Crippen molar-refractivity contribution in [1.29, 1.82) is 0 Å². The number of hydrogen-bond acceptors (Lipinski definition) is 3. The van der Waals surface area contributed by atoms with E-state index in [1.165, 1.54) is 6.42 Å². The van der Waals surface area contributed by atoms with Crippen LogP contribution in [0, 0.1) is 26.7 Å². The zero-order chi connectivity index (χ0) is 11.4. The minimum Gasteiger partial charge on any atom is -0.253 e. The van der Waals surface area contributed by atoms with Gasteiger partial charge < -0.3 is 0 Å². The molecule has 4 heteroatoms. The van der Waals surface area contributed by atoms with Gasteiger partial charge in [-0.05, 0) is 33.1 Å². The summed E-state index contributed by atoms with van der Waals surface area (Å²) in [4.78, 5) is 9.11. The molecule has 3 rings (SSSR count). The van der Waals surface area contributed by atoms with Gasteiger partial charge in [0.05, 0.1) is 17.1 Å². The molecule has 1 saturated carbocycles. The van der Waals surface area contributed by atoms with Gasteiger partial charge >= 0.3 is 0 Å². The van der Waals surface area contributed by atoms with Gasteiger partial charge in [0.2, 0.25) is 0 Å². The Balaban J connectivity index is 2.23. The van der Waals surface area contributed by atoms with Crippen molar-refractivity contribution in [3.05, 3.63) is 22.9 Å². The summed E-state index contributed by atoms with van der Waals surface area (Å²) in [5.41, 5.74) is 4.00. The van der Waals surface area contributed by atoms with Crippen molar-refractivity contribution in [2.75, 3.05) is 0 Å². The normalized spacial score (nSPS) is 24.0. The molecule has 2 unspecified atom stereocenters. The first-order valence-electron chi connectivity index (χ1n) is 5.78. The maximum absolute atomic E-state index is 4.62. The standard InChI is InChI=1S/C12H16N4/c1-6-5-10(6)11-14-12-8(3)13-7(2)9(4)16(12)15-11/h6,10H,5H2,1-4H3. The van der Waals surface area contributed by atoms with Gasteiger partial charge in [-0.25, -0.2) is 9.50 Å². The average molecular weight is 216 g/mol. The van der Waals surface area contributed by atoms with Crippen molar-refractivity contribution < 1.29 is 0 Å². The van der Waals surface area contributed by atoms with Gasteiger partial charge in [-0.3, -0.25) is 4.98 Å². The first kappa shape index (κ1) is 9.75. The van der Waals surface area contributed by atoms with E-state index in [0.717, 1.165) is 34.5 Å². The Hall–Kier alpha value is -1.45. The van der Waals surface area contributed by atoms with Gasteiger partial charge in [-0.2, -0.15) is 5.10 Å². The van der Waals surface area contributed by atoms with Crippen molar-refractivity contribution >= 4 is 5.65 Å². The Labute approximate surface area is 94.7 Å². The summed E-state index contributed by atoms with van der Waals surface area (Å²) >= 11 is 0. The second-order valence-corrected chi connectivity index (χ2v) is 4.89. The van der Waals surface area contributed by atoms with E-state index in [1.807, 2.05) is 25.3 Å². The highest BCUT2D eigenvalue weighted by atomic mass is 15.3. The maximum Gasteiger partial charge on any atom is 0.177 e. The molecule has 0 radical (unpaired) electrons. The average Bonchev–Trinajstić information content (AvgIpc) is 2.80. The van der Waals surface area contributed by atoms with Gasteiger partial charge in [0, 0.05) is 5.92 Å². The first-order valence-corrected chi connectivity index (χ1v) is 5.78. The molecule has 0 aromatic carbocycles. The van der Waals surface area contributed by atoms with E-state index in [-0.39, 0.29) is 0 Å². The van der Waals surface area contributed by atoms with Crippen LogP contribution in [0.25, 0.3) is 5.65 Å². The zero-order valence-electron chi connectivity index (χ0n) is 10.2. The quantitative estimate of drug-likeness (QED) is 0.733. The highest BCUT2D eigenvalue weighted by Gasteiger charge is 2.37. The van der Waals surface area contributed by atoms with Crippen LogP contribution in [0.3, 0.4) is 0 Å². The van der Waals surface area contributed by atoms with Crippen molar-refractivity contribution in [3.63, 3.8) is 0 Å². The lowest BCUT2D eigenvalue weighted by atomic mass is 10.3. The van der Waals surface area contributed by atoms with E-state index in [9.17, 15) is 0 Å². The van der Waals surface area contributed by atoms with Crippen LogP contribution in [0.1, 0.15) is 42.2 Å². The Bertz CT molecular complexity index is 570. The fourth-order valence-electron chi connectivity index (χ4n) is 2.17. The second-order valence-electron chi connectivity index (χ2n) is 4.89. The monoisotopic (exact) mass is 216 g/mol. The maximum atomic E-state index is 4.62. The van der Waals surface area contributed by atoms with E-state index < -0.39 is 0 Å². The molecule has 0 N–H and O–H groups in total. The zero-order valence-corrected chi connectivity index (χ0v) is 10.2. The van der Waals surface area contributed by atoms with Crippen LogP contribution in [0.15, 0.2) is 0 Å². The number of hydrogen-bond donors (Lipinski definition) is 0. The first-order chi connectivity index (χ1) is 7.58. The lowest BCUT2D eigenvalue weighted by Gasteiger charge is -2.03. The van der Waals surface area contributed by atoms with Crippen LogP contribution in [0.5, 0.6) is 0 Å². The molecule has 2 aromatic rings. The molecule has 0 saturated heterocycles. The van der Waals surface area contributed by atoms with E-state index in [1.54, 1.807) is 0 Å². The SMILES string of the molecule is Cc1nc(C)c2nc(C3CC3C)nn2c1C. The molecule has 2 atom stereocenters. The van der Waals surface area contributed by atoms with Crippen LogP contribution in [0.4, 0.5) is 0 Å². The number of aryl methyl sites for hydroxylation is 3. The molecule has 1 aliphatic rings. The highest BCUT2D eigenvalue weighted by Crippen LogP contribution is 2.45. The predicted molar refractivity (Wildman–Crippen MR) is 61.5 cm³/mol. The molecule has 84 valence electrons. The third kappa shape index (κ3) is 1.25. The van der Waals surface area contributed by atoms with Crippen molar-refractivity contribution in [3.8, 4) is 0 Å². The number of aromatic nitrogens is 4. The molecule has 0 bridgehead atoms. The summed E-state index contributed by atoms with van der Waals surface area (Å²) in [5, 5.41) is 4.61. The number of fused-ring (bicyclic) bond motifs is 1. The molecule has 1 aliphatic carbocycles. The molecule has 2 heterocycles. The molecule has 0 aliphatic heterocycles. The minimum absolute atomic E-state index is 0.569. The molecule has 0 spiro atoms. The topological polar surface area (TPSA) is 43.1 Å². The Morgan fingerprint density at radius 1 is 1.12 bits per heavy atom. The lowest BCUT2D eigenvalue weighted by molar-refractivity contribution is 0.803. The molecule has 2 aromatic heterocycles. The Morgan fingerprint density at radius 2 is 1.81 bits per heavy atom. The van der Waals surface area contributed by atoms with Crippen LogP contribution in [0.2, 0.25) is 0 Å². The van der Waals surface area contributed by atoms with Crippen molar-refractivity contribution in [2.45, 2.75) is 40.0 Å². The summed E-state index contributed by atoms with van der Waals surface area (Å²) in [6.45, 7) is 8.31. The third-order valence-corrected chi connectivity index (χ3v) is 3.56. The van der Waals surface area contributed by atoms with Crippen LogP contribution in [-0.4, -0.2) is 19.6 Å². The van der Waals surface area contributed by atoms with E-state index in [0.29, 0.717) is 5.92 Å². The van der Waals surface area contributed by atoms with E-state index in [4.69, 9.17) is 0 Å². The van der Waals surface area contributed by atoms with E-state index >= 15 is 0 Å². The molecule has 16 heavy (non-hydrogen) atoms. The van der Waals surface area contributed by atoms with Gasteiger partial charge in [-0.1, -0.05) is 6.92 Å². The second kappa shape index (κ2) is 3.03. The van der Waals surface area contributed by atoms with E-state index in [2.05, 4.69) is 22.0 Å². The largest absolute Gasteiger partial charge is 0.253 e. The predicted octanol–water partition coefficient (Wildman–Crippen LogP) is 2.17. The summed E-state index contributed by atoms with van der Waals surface area (Å²) in [6, 6.07) is 0. The van der Waals surface area contributed by atoms with Crippen LogP contribution in [-0.2, 0) is 0 Å². The molecule has 0 amide bonds. The fourth-order valence-corrected chi connectivity index (χ4v) is 2.17. The lowest BCUT2D eigenvalue weighted by Crippen LogP contribution is -2.02. The summed E-state index contributed by atoms with van der Waals surface area (Å²) in [7, 11) is 0. The smallest absolute Gasteiger partial charge is 0.177 e. The van der Waals surface area contributed by atoms with Gasteiger partial charge in [0.1, 0.15) is 0 Å². The molecule has 1 fully saturated rings. The summed E-state index contributed by atoms with van der Waals surface area (Å²) in [5.74, 6) is 2.30. The minimum atomic E-state index is 0.569. The number of rotatable bonds is 1. The molecule has 4 nitrogen and oxygen atoms in total. The molecular weight excluding hydrogens is 200 g/mol. The molecular formula is C12H16N4. The Kier molecular flexibility index (Phi) is 1.85. The highest BCUT2D eigenvalue weighted by molar-refractivity contribution is 5.45. The summed E-state index contributed by atoms with van der Waals surface area (Å²) < 4.78 is 1.94. The van der Waals surface area contributed by atoms with Crippen LogP contribution < -0.4 is 0 Å². The van der Waals surface area contributed by atoms with Crippen molar-refractivity contribution in [2.24, 2.45) is 5.92 Å². The van der Waals surface area contributed by atoms with Gasteiger partial charge in [0.25, 0.3) is 0 Å². The van der Waals surface area contributed by atoms with Crippen LogP contribution >= 0.6 is 0 Å². The number of nitrogens with zero attached hydrogens (tertiary/aromatic N) is 4. The Morgan fingerprint density at radius 3 is 2.44 bits per heavy atom. The third-order valence-electron chi connectivity index (χ3n) is 3.56.